The predicted molar refractivity (Wildman–Crippen MR) is 62.5 cm³/mol. The fraction of sp³-hybridized carbons (Fsp3) is 1.00. The van der Waals surface area contributed by atoms with Crippen LogP contribution in [0.3, 0.4) is 0 Å². The molecule has 15 heavy (non-hydrogen) atoms. The molecule has 1 atom stereocenters. The van der Waals surface area contributed by atoms with E-state index in [1.807, 2.05) is 0 Å². The van der Waals surface area contributed by atoms with E-state index < -0.39 is 0 Å². The Bertz CT molecular complexity index is 172. The van der Waals surface area contributed by atoms with Crippen LogP contribution in [0.1, 0.15) is 33.1 Å². The lowest BCUT2D eigenvalue weighted by molar-refractivity contribution is 0.0281. The van der Waals surface area contributed by atoms with Gasteiger partial charge in [0.25, 0.3) is 0 Å². The molecule has 1 aliphatic rings. The maximum Gasteiger partial charge on any atom is 0.0647 e. The van der Waals surface area contributed by atoms with Gasteiger partial charge in [0.1, 0.15) is 0 Å². The Kier molecular flexibility index (Phi) is 4.99. The predicted octanol–water partition coefficient (Wildman–Crippen LogP) is 0.729. The fourth-order valence-electron chi connectivity index (χ4n) is 2.31. The SMILES string of the molecule is COCC(NN)C(C)(C)N1CCCCC1. The van der Waals surface area contributed by atoms with Gasteiger partial charge >= 0.3 is 0 Å². The Morgan fingerprint density at radius 2 is 1.93 bits per heavy atom. The summed E-state index contributed by atoms with van der Waals surface area (Å²) in [5, 5.41) is 0. The number of rotatable bonds is 5. The molecule has 0 spiro atoms. The molecule has 0 saturated carbocycles. The molecule has 1 rings (SSSR count). The normalized spacial score (nSPS) is 21.6. The van der Waals surface area contributed by atoms with E-state index in [-0.39, 0.29) is 11.6 Å². The van der Waals surface area contributed by atoms with Crippen LogP contribution < -0.4 is 11.3 Å². The first-order valence-corrected chi connectivity index (χ1v) is 5.83. The molecule has 4 heteroatoms. The summed E-state index contributed by atoms with van der Waals surface area (Å²) < 4.78 is 5.20. The lowest BCUT2D eigenvalue weighted by Gasteiger charge is -2.45. The molecular formula is C11H25N3O. The van der Waals surface area contributed by atoms with Gasteiger partial charge in [-0.25, -0.2) is 0 Å². The molecule has 4 nitrogen and oxygen atoms in total. The number of piperidine rings is 1. The largest absolute Gasteiger partial charge is 0.383 e. The summed E-state index contributed by atoms with van der Waals surface area (Å²) in [4.78, 5) is 2.51. The zero-order valence-electron chi connectivity index (χ0n) is 10.3. The molecule has 0 radical (unpaired) electrons. The van der Waals surface area contributed by atoms with Gasteiger partial charge in [0.2, 0.25) is 0 Å². The zero-order valence-corrected chi connectivity index (χ0v) is 10.3. The van der Waals surface area contributed by atoms with Gasteiger partial charge in [-0.05, 0) is 39.8 Å². The highest BCUT2D eigenvalue weighted by molar-refractivity contribution is 4.93. The Balaban J connectivity index is 2.60. The third kappa shape index (κ3) is 3.14. The van der Waals surface area contributed by atoms with E-state index in [9.17, 15) is 0 Å². The van der Waals surface area contributed by atoms with Crippen LogP contribution in [0.15, 0.2) is 0 Å². The average molecular weight is 215 g/mol. The van der Waals surface area contributed by atoms with E-state index in [4.69, 9.17) is 10.6 Å². The van der Waals surface area contributed by atoms with Crippen molar-refractivity contribution in [2.45, 2.75) is 44.7 Å². The van der Waals surface area contributed by atoms with Gasteiger partial charge in [-0.1, -0.05) is 6.42 Å². The molecule has 1 saturated heterocycles. The minimum Gasteiger partial charge on any atom is -0.383 e. The van der Waals surface area contributed by atoms with Gasteiger partial charge in [0, 0.05) is 12.6 Å². The lowest BCUT2D eigenvalue weighted by Crippen LogP contribution is -2.62. The van der Waals surface area contributed by atoms with Crippen LogP contribution in [0.25, 0.3) is 0 Å². The Morgan fingerprint density at radius 3 is 2.40 bits per heavy atom. The van der Waals surface area contributed by atoms with Crippen LogP contribution in [0.5, 0.6) is 0 Å². The summed E-state index contributed by atoms with van der Waals surface area (Å²) in [6.45, 7) is 7.48. The smallest absolute Gasteiger partial charge is 0.0647 e. The Morgan fingerprint density at radius 1 is 1.33 bits per heavy atom. The summed E-state index contributed by atoms with van der Waals surface area (Å²) in [7, 11) is 1.72. The number of hydrogen-bond acceptors (Lipinski definition) is 4. The molecule has 1 fully saturated rings. The summed E-state index contributed by atoms with van der Waals surface area (Å²) in [6, 6.07) is 0.181. The van der Waals surface area contributed by atoms with Crippen LogP contribution in [0.4, 0.5) is 0 Å². The second kappa shape index (κ2) is 5.80. The molecule has 90 valence electrons. The van der Waals surface area contributed by atoms with Crippen LogP contribution in [-0.4, -0.2) is 43.3 Å². The molecule has 0 aliphatic carbocycles. The maximum absolute atomic E-state index is 5.59. The summed E-state index contributed by atoms with van der Waals surface area (Å²) in [6.07, 6.45) is 3.96. The summed E-state index contributed by atoms with van der Waals surface area (Å²) >= 11 is 0. The van der Waals surface area contributed by atoms with E-state index in [0.29, 0.717) is 6.61 Å². The molecule has 0 bridgehead atoms. The number of ether oxygens (including phenoxy) is 1. The Hall–Kier alpha value is -0.160. The maximum atomic E-state index is 5.59. The number of nitrogens with zero attached hydrogens (tertiary/aromatic N) is 1. The molecule has 0 aromatic heterocycles. The Labute approximate surface area is 93.1 Å². The van der Waals surface area contributed by atoms with E-state index in [1.54, 1.807) is 7.11 Å². The van der Waals surface area contributed by atoms with Gasteiger partial charge in [-0.15, -0.1) is 0 Å². The van der Waals surface area contributed by atoms with Crippen molar-refractivity contribution in [2.75, 3.05) is 26.8 Å². The number of methoxy groups -OCH3 is 1. The summed E-state index contributed by atoms with van der Waals surface area (Å²) in [5.41, 5.74) is 2.93. The van der Waals surface area contributed by atoms with Crippen molar-refractivity contribution in [3.63, 3.8) is 0 Å². The second-order valence-corrected chi connectivity index (χ2v) is 4.88. The van der Waals surface area contributed by atoms with Gasteiger partial charge < -0.3 is 4.74 Å². The van der Waals surface area contributed by atoms with E-state index in [1.165, 1.54) is 32.4 Å². The van der Waals surface area contributed by atoms with Crippen molar-refractivity contribution in [1.29, 1.82) is 0 Å². The molecule has 1 unspecified atom stereocenters. The highest BCUT2D eigenvalue weighted by Crippen LogP contribution is 2.23. The molecule has 0 aromatic rings. The third-order valence-electron chi connectivity index (χ3n) is 3.56. The van der Waals surface area contributed by atoms with E-state index >= 15 is 0 Å². The summed E-state index contributed by atoms with van der Waals surface area (Å²) in [5.74, 6) is 5.59. The third-order valence-corrected chi connectivity index (χ3v) is 3.56. The fourth-order valence-corrected chi connectivity index (χ4v) is 2.31. The molecule has 1 heterocycles. The van der Waals surface area contributed by atoms with Crippen LogP contribution in [-0.2, 0) is 4.74 Å². The first-order chi connectivity index (χ1) is 7.12. The highest BCUT2D eigenvalue weighted by atomic mass is 16.5. The quantitative estimate of drug-likeness (QED) is 0.524. The lowest BCUT2D eigenvalue weighted by atomic mass is 9.91. The van der Waals surface area contributed by atoms with Gasteiger partial charge in [0.15, 0.2) is 0 Å². The van der Waals surface area contributed by atoms with Gasteiger partial charge in [0.05, 0.1) is 12.6 Å². The molecule has 0 aromatic carbocycles. The monoisotopic (exact) mass is 215 g/mol. The minimum atomic E-state index is 0.0607. The number of nitrogens with one attached hydrogen (secondary N) is 1. The number of hydrogen-bond donors (Lipinski definition) is 2. The highest BCUT2D eigenvalue weighted by Gasteiger charge is 2.35. The van der Waals surface area contributed by atoms with Crippen LogP contribution in [0, 0.1) is 0 Å². The number of hydrazine groups is 1. The molecule has 3 N–H and O–H groups in total. The van der Waals surface area contributed by atoms with Crippen molar-refractivity contribution in [3.8, 4) is 0 Å². The molecule has 0 amide bonds. The van der Waals surface area contributed by atoms with Crippen molar-refractivity contribution < 1.29 is 4.74 Å². The van der Waals surface area contributed by atoms with Gasteiger partial charge in [-0.3, -0.25) is 16.2 Å². The van der Waals surface area contributed by atoms with Crippen molar-refractivity contribution >= 4 is 0 Å². The zero-order chi connectivity index (χ0) is 11.3. The molecular weight excluding hydrogens is 190 g/mol. The first kappa shape index (κ1) is 12.9. The second-order valence-electron chi connectivity index (χ2n) is 4.88. The van der Waals surface area contributed by atoms with E-state index in [0.717, 1.165) is 0 Å². The van der Waals surface area contributed by atoms with Crippen LogP contribution in [0.2, 0.25) is 0 Å². The van der Waals surface area contributed by atoms with Gasteiger partial charge in [-0.2, -0.15) is 0 Å². The average Bonchev–Trinajstić information content (AvgIpc) is 2.27. The minimum absolute atomic E-state index is 0.0607. The number of likely N-dealkylation sites (tertiary alicyclic amines) is 1. The first-order valence-electron chi connectivity index (χ1n) is 5.83. The van der Waals surface area contributed by atoms with Crippen LogP contribution >= 0.6 is 0 Å². The van der Waals surface area contributed by atoms with Crippen molar-refractivity contribution in [2.24, 2.45) is 5.84 Å². The van der Waals surface area contributed by atoms with Crippen molar-refractivity contribution in [1.82, 2.24) is 10.3 Å². The molecule has 1 aliphatic heterocycles. The number of nitrogens with two attached hydrogens (primary N) is 1. The topological polar surface area (TPSA) is 50.5 Å². The van der Waals surface area contributed by atoms with Crippen molar-refractivity contribution in [3.05, 3.63) is 0 Å². The van der Waals surface area contributed by atoms with E-state index in [2.05, 4.69) is 24.2 Å². The standard InChI is InChI=1S/C11H25N3O/c1-11(2,10(13-12)9-15-3)14-7-5-4-6-8-14/h10,13H,4-9,12H2,1-3H3.